The Morgan fingerprint density at radius 2 is 1.86 bits per heavy atom. The molecule has 0 aliphatic carbocycles. The molecule has 2 saturated heterocycles. The molecule has 10 nitrogen and oxygen atoms in total. The summed E-state index contributed by atoms with van der Waals surface area (Å²) >= 11 is 0. The number of ether oxygens (including phenoxy) is 7. The highest BCUT2D eigenvalue weighted by atomic mass is 16.8. The number of aliphatic hydroxyl groups is 1. The Bertz CT molecular complexity index is 1220. The summed E-state index contributed by atoms with van der Waals surface area (Å²) in [6.45, 7) is 4.86. The molecule has 190 valence electrons. The van der Waals surface area contributed by atoms with Crippen molar-refractivity contribution in [2.24, 2.45) is 0 Å². The maximum atomic E-state index is 12.6. The number of carbonyl (C=O) groups excluding carboxylic acids is 1. The molecule has 3 atom stereocenters. The van der Waals surface area contributed by atoms with Gasteiger partial charge in [-0.2, -0.15) is 0 Å². The highest BCUT2D eigenvalue weighted by Gasteiger charge is 2.84. The van der Waals surface area contributed by atoms with Gasteiger partial charge in [-0.25, -0.2) is 0 Å². The second kappa shape index (κ2) is 8.02. The monoisotopic (exact) mass is 490 g/mol. The molecule has 0 amide bonds. The Morgan fingerprint density at radius 3 is 2.40 bits per heavy atom. The number of phenols is 1. The number of aromatic hydroxyl groups is 1. The van der Waals surface area contributed by atoms with Gasteiger partial charge in [0.15, 0.2) is 5.78 Å². The predicted molar refractivity (Wildman–Crippen MR) is 122 cm³/mol. The minimum absolute atomic E-state index is 0.0335. The highest BCUT2D eigenvalue weighted by molar-refractivity contribution is 6.10. The van der Waals surface area contributed by atoms with Crippen LogP contribution >= 0.6 is 0 Å². The van der Waals surface area contributed by atoms with Crippen molar-refractivity contribution in [1.29, 1.82) is 0 Å². The molecule has 2 N–H and O–H groups in total. The van der Waals surface area contributed by atoms with Gasteiger partial charge in [-0.15, -0.1) is 0 Å². The summed E-state index contributed by atoms with van der Waals surface area (Å²) in [5.74, 6) is -3.53. The van der Waals surface area contributed by atoms with Crippen LogP contribution < -0.4 is 9.47 Å². The van der Waals surface area contributed by atoms with E-state index >= 15 is 0 Å². The average Bonchev–Trinajstić information content (AvgIpc) is 3.59. The first-order valence-corrected chi connectivity index (χ1v) is 11.4. The summed E-state index contributed by atoms with van der Waals surface area (Å²) in [5.41, 5.74) is 0.633. The third kappa shape index (κ3) is 2.95. The summed E-state index contributed by atoms with van der Waals surface area (Å²) in [5, 5.41) is 24.0. The number of Topliss-reactive ketones (excluding diaryl/α,β-unsaturated/α-hetero) is 1. The lowest BCUT2D eigenvalue weighted by Gasteiger charge is -2.41. The number of ketones is 1. The molecule has 3 heterocycles. The molecule has 1 spiro atoms. The van der Waals surface area contributed by atoms with Crippen molar-refractivity contribution in [2.75, 3.05) is 34.5 Å². The number of hydrogen-bond acceptors (Lipinski definition) is 10. The van der Waals surface area contributed by atoms with E-state index in [4.69, 9.17) is 33.2 Å². The zero-order valence-corrected chi connectivity index (χ0v) is 20.6. The normalized spacial score (nSPS) is 29.1. The van der Waals surface area contributed by atoms with Gasteiger partial charge in [0.25, 0.3) is 11.6 Å². The number of carbonyl (C=O) groups is 1. The van der Waals surface area contributed by atoms with Crippen molar-refractivity contribution in [3.8, 4) is 17.2 Å². The number of epoxide rings is 1. The smallest absolute Gasteiger partial charge is 0.269 e. The van der Waals surface area contributed by atoms with E-state index in [9.17, 15) is 15.0 Å². The third-order valence-corrected chi connectivity index (χ3v) is 7.36. The summed E-state index contributed by atoms with van der Waals surface area (Å²) < 4.78 is 41.0. The quantitative estimate of drug-likeness (QED) is 0.354. The minimum atomic E-state index is -2.00. The van der Waals surface area contributed by atoms with E-state index in [0.29, 0.717) is 28.7 Å². The molecule has 5 rings (SSSR count). The minimum Gasteiger partial charge on any atom is -0.506 e. The maximum Gasteiger partial charge on any atom is 0.269 e. The molecule has 2 aromatic rings. The fourth-order valence-electron chi connectivity index (χ4n) is 5.59. The molecule has 35 heavy (non-hydrogen) atoms. The van der Waals surface area contributed by atoms with E-state index in [1.54, 1.807) is 0 Å². The molecule has 0 radical (unpaired) electrons. The maximum absolute atomic E-state index is 12.6. The van der Waals surface area contributed by atoms with Crippen molar-refractivity contribution in [3.05, 3.63) is 28.3 Å². The van der Waals surface area contributed by atoms with Crippen LogP contribution in [0.2, 0.25) is 0 Å². The Balaban J connectivity index is 1.82. The number of phenolic OH excluding ortho intramolecular Hbond substituents is 1. The van der Waals surface area contributed by atoms with Crippen molar-refractivity contribution in [3.63, 3.8) is 0 Å². The lowest BCUT2D eigenvalue weighted by atomic mass is 9.88. The number of hydrogen-bond donors (Lipinski definition) is 2. The number of benzene rings is 2. The van der Waals surface area contributed by atoms with Crippen LogP contribution in [-0.2, 0) is 36.7 Å². The predicted octanol–water partition coefficient (Wildman–Crippen LogP) is 2.34. The number of fused-ring (bicyclic) bond motifs is 3. The van der Waals surface area contributed by atoms with Crippen LogP contribution in [-0.4, -0.2) is 74.0 Å². The van der Waals surface area contributed by atoms with Crippen molar-refractivity contribution >= 4 is 16.6 Å². The van der Waals surface area contributed by atoms with Crippen LogP contribution in [0, 0.1) is 6.92 Å². The van der Waals surface area contributed by atoms with Crippen LogP contribution in [0.25, 0.3) is 10.8 Å². The standard InChI is InChI=1S/C25H30O10/c1-7-14-17(13(3)26)19(27)18-15(20(14)29-4)8-12(2)16-9-32-25(22(30-5)31-6)23(10-33-23)24(28,11-34-25)35-21(16)18/h8,22,27-28H,7,9-11H2,1-6H3. The lowest BCUT2D eigenvalue weighted by Crippen LogP contribution is -2.64. The van der Waals surface area contributed by atoms with E-state index < -0.39 is 23.5 Å². The van der Waals surface area contributed by atoms with Gasteiger partial charge in [-0.1, -0.05) is 6.92 Å². The first-order valence-electron chi connectivity index (χ1n) is 11.4. The van der Waals surface area contributed by atoms with E-state index in [2.05, 4.69) is 0 Å². The van der Waals surface area contributed by atoms with Crippen LogP contribution in [0.3, 0.4) is 0 Å². The first-order chi connectivity index (χ1) is 16.6. The second-order valence-electron chi connectivity index (χ2n) is 9.12. The largest absolute Gasteiger partial charge is 0.506 e. The molecule has 2 bridgehead atoms. The van der Waals surface area contributed by atoms with Crippen molar-refractivity contribution in [1.82, 2.24) is 0 Å². The fourth-order valence-corrected chi connectivity index (χ4v) is 5.59. The van der Waals surface area contributed by atoms with Gasteiger partial charge in [0, 0.05) is 30.7 Å². The number of aryl methyl sites for hydroxylation is 1. The molecule has 3 unspecified atom stereocenters. The zero-order valence-electron chi connectivity index (χ0n) is 20.6. The van der Waals surface area contributed by atoms with Gasteiger partial charge in [0.05, 0.1) is 31.3 Å². The van der Waals surface area contributed by atoms with Crippen LogP contribution in [0.15, 0.2) is 6.07 Å². The van der Waals surface area contributed by atoms with Gasteiger partial charge in [-0.3, -0.25) is 4.79 Å². The van der Waals surface area contributed by atoms with E-state index in [1.807, 2.05) is 19.9 Å². The summed E-state index contributed by atoms with van der Waals surface area (Å²) in [7, 11) is 4.39. The van der Waals surface area contributed by atoms with E-state index in [0.717, 1.165) is 5.56 Å². The third-order valence-electron chi connectivity index (χ3n) is 7.36. The van der Waals surface area contributed by atoms with Crippen LogP contribution in [0.1, 0.15) is 40.9 Å². The molecular weight excluding hydrogens is 460 g/mol. The summed E-state index contributed by atoms with van der Waals surface area (Å²) in [6, 6.07) is 1.84. The van der Waals surface area contributed by atoms with Gasteiger partial charge >= 0.3 is 0 Å². The fraction of sp³-hybridized carbons (Fsp3) is 0.560. The molecule has 2 aromatic carbocycles. The van der Waals surface area contributed by atoms with Gasteiger partial charge in [-0.05, 0) is 31.9 Å². The van der Waals surface area contributed by atoms with Gasteiger partial charge in [0.2, 0.25) is 11.9 Å². The Morgan fingerprint density at radius 1 is 1.17 bits per heavy atom. The van der Waals surface area contributed by atoms with Gasteiger partial charge in [0.1, 0.15) is 23.9 Å². The van der Waals surface area contributed by atoms with Gasteiger partial charge < -0.3 is 43.4 Å². The van der Waals surface area contributed by atoms with Crippen LogP contribution in [0.5, 0.6) is 17.2 Å². The number of rotatable bonds is 6. The zero-order chi connectivity index (χ0) is 25.3. The molecule has 0 aromatic heterocycles. The van der Waals surface area contributed by atoms with Crippen LogP contribution in [0.4, 0.5) is 0 Å². The Hall–Kier alpha value is -2.47. The molecule has 10 heteroatoms. The number of methoxy groups -OCH3 is 3. The molecule has 3 aliphatic heterocycles. The SMILES string of the molecule is CCc1c(C(C)=O)c(O)c2c3c(c(C)cc2c1OC)COC1(C(OC)OC)OCC(O)(O3)C12CO2. The topological polar surface area (TPSA) is 125 Å². The molecule has 3 aliphatic rings. The van der Waals surface area contributed by atoms with E-state index in [-0.39, 0.29) is 48.1 Å². The summed E-state index contributed by atoms with van der Waals surface area (Å²) in [6.07, 6.45) is -0.552. The van der Waals surface area contributed by atoms with Crippen molar-refractivity contribution in [2.45, 2.75) is 57.3 Å². The lowest BCUT2D eigenvalue weighted by molar-refractivity contribution is -0.353. The van der Waals surface area contributed by atoms with E-state index in [1.165, 1.54) is 28.3 Å². The Labute approximate surface area is 202 Å². The molecule has 0 saturated carbocycles. The summed E-state index contributed by atoms with van der Waals surface area (Å²) in [4.78, 5) is 12.6. The first kappa shape index (κ1) is 24.2. The molecule has 2 fully saturated rings. The van der Waals surface area contributed by atoms with Crippen molar-refractivity contribution < 1.29 is 48.2 Å². The molecular formula is C25H30O10. The Kier molecular flexibility index (Phi) is 5.55. The highest BCUT2D eigenvalue weighted by Crippen LogP contribution is 2.60. The second-order valence-corrected chi connectivity index (χ2v) is 9.12. The average molecular weight is 491 g/mol.